The van der Waals surface area contributed by atoms with Gasteiger partial charge in [0.25, 0.3) is 6.29 Å². The van der Waals surface area contributed by atoms with Crippen molar-refractivity contribution in [1.29, 1.82) is 0 Å². The van der Waals surface area contributed by atoms with E-state index in [1.807, 2.05) is 42.5 Å². The van der Waals surface area contributed by atoms with E-state index < -0.39 is 12.3 Å². The third-order valence-corrected chi connectivity index (χ3v) is 5.04. The fourth-order valence-corrected chi connectivity index (χ4v) is 3.83. The van der Waals surface area contributed by atoms with Crippen molar-refractivity contribution in [3.8, 4) is 11.5 Å². The lowest BCUT2D eigenvalue weighted by Crippen LogP contribution is -2.50. The summed E-state index contributed by atoms with van der Waals surface area (Å²) in [4.78, 5) is 15.7. The molecule has 2 aromatic carbocycles. The Morgan fingerprint density at radius 2 is 1.77 bits per heavy atom. The molecule has 6 heteroatoms. The minimum atomic E-state index is -0.563. The fraction of sp³-hybridized carbons (Fsp3) is 0.250. The van der Waals surface area contributed by atoms with Crippen molar-refractivity contribution < 1.29 is 19.0 Å². The molecule has 0 bridgehead atoms. The highest BCUT2D eigenvalue weighted by Gasteiger charge is 2.42. The molecule has 2 N–H and O–H groups in total. The van der Waals surface area contributed by atoms with Gasteiger partial charge in [-0.05, 0) is 23.8 Å². The molecule has 3 aromatic rings. The molecule has 5 rings (SSSR count). The molecule has 0 unspecified atom stereocenters. The largest absolute Gasteiger partial charge is 0.468 e. The number of fused-ring (bicyclic) bond motifs is 4. The van der Waals surface area contributed by atoms with E-state index in [-0.39, 0.29) is 12.0 Å². The molecule has 2 aliphatic rings. The Morgan fingerprint density at radius 1 is 1.08 bits per heavy atom. The highest BCUT2D eigenvalue weighted by molar-refractivity contribution is 5.87. The topological polar surface area (TPSA) is 72.6 Å². The Hall–Kier alpha value is -2.99. The van der Waals surface area contributed by atoms with Gasteiger partial charge in [0.1, 0.15) is 12.1 Å². The van der Waals surface area contributed by atoms with Crippen LogP contribution in [0.15, 0.2) is 48.5 Å². The van der Waals surface area contributed by atoms with E-state index >= 15 is 0 Å². The van der Waals surface area contributed by atoms with Crippen molar-refractivity contribution in [3.63, 3.8) is 0 Å². The maximum atomic E-state index is 12.2. The standard InChI is InChI=1S/C20H18N2O4/c1-24-19(23)14-10-12-11-6-2-3-7-13(11)21-17(12)18(22-14)20-25-15-8-4-5-9-16(15)26-20/h2-9,14,18,20-22H,10H2,1H3/t14-,18+/m1/s1. The highest BCUT2D eigenvalue weighted by Crippen LogP contribution is 2.41. The van der Waals surface area contributed by atoms with Gasteiger partial charge in [-0.25, -0.2) is 0 Å². The van der Waals surface area contributed by atoms with Crippen molar-refractivity contribution in [2.75, 3.05) is 7.11 Å². The van der Waals surface area contributed by atoms with Gasteiger partial charge in [0.05, 0.1) is 7.11 Å². The van der Waals surface area contributed by atoms with Crippen LogP contribution in [0.3, 0.4) is 0 Å². The van der Waals surface area contributed by atoms with Gasteiger partial charge in [0.15, 0.2) is 11.5 Å². The Labute approximate surface area is 150 Å². The summed E-state index contributed by atoms with van der Waals surface area (Å²) < 4.78 is 17.0. The van der Waals surface area contributed by atoms with Crippen LogP contribution in [0, 0.1) is 0 Å². The van der Waals surface area contributed by atoms with E-state index in [1.165, 1.54) is 7.11 Å². The number of aromatic nitrogens is 1. The van der Waals surface area contributed by atoms with Crippen LogP contribution in [0.1, 0.15) is 17.3 Å². The first-order valence-electron chi connectivity index (χ1n) is 8.60. The van der Waals surface area contributed by atoms with E-state index in [9.17, 15) is 4.79 Å². The quantitative estimate of drug-likeness (QED) is 0.695. The Kier molecular flexibility index (Phi) is 3.39. The van der Waals surface area contributed by atoms with Crippen LogP contribution in [0.5, 0.6) is 11.5 Å². The fourth-order valence-electron chi connectivity index (χ4n) is 3.83. The number of carbonyl (C=O) groups excluding carboxylic acids is 1. The molecule has 2 atom stereocenters. The molecule has 26 heavy (non-hydrogen) atoms. The third kappa shape index (κ3) is 2.26. The maximum absolute atomic E-state index is 12.2. The Morgan fingerprint density at radius 3 is 2.50 bits per heavy atom. The lowest BCUT2D eigenvalue weighted by molar-refractivity contribution is -0.144. The molecule has 6 nitrogen and oxygen atoms in total. The van der Waals surface area contributed by atoms with Gasteiger partial charge in [-0.3, -0.25) is 10.1 Å². The Bertz CT molecular complexity index is 971. The van der Waals surface area contributed by atoms with Gasteiger partial charge in [0.2, 0.25) is 0 Å². The molecule has 0 saturated heterocycles. The van der Waals surface area contributed by atoms with Crippen LogP contribution < -0.4 is 14.8 Å². The molecule has 1 aromatic heterocycles. The second-order valence-electron chi connectivity index (χ2n) is 6.54. The summed E-state index contributed by atoms with van der Waals surface area (Å²) in [5.74, 6) is 1.12. The molecule has 0 saturated carbocycles. The van der Waals surface area contributed by atoms with E-state index in [1.54, 1.807) is 0 Å². The molecule has 0 amide bonds. The van der Waals surface area contributed by atoms with Crippen molar-refractivity contribution >= 4 is 16.9 Å². The molecule has 0 radical (unpaired) electrons. The van der Waals surface area contributed by atoms with Gasteiger partial charge < -0.3 is 19.2 Å². The first-order chi connectivity index (χ1) is 12.7. The first kappa shape index (κ1) is 15.3. The number of carbonyl (C=O) groups is 1. The van der Waals surface area contributed by atoms with Crippen LogP contribution >= 0.6 is 0 Å². The summed E-state index contributed by atoms with van der Waals surface area (Å²) in [6, 6.07) is 14.9. The molecular weight excluding hydrogens is 332 g/mol. The third-order valence-electron chi connectivity index (χ3n) is 5.04. The van der Waals surface area contributed by atoms with Crippen LogP contribution in [-0.4, -0.2) is 30.4 Å². The number of esters is 1. The van der Waals surface area contributed by atoms with Crippen LogP contribution in [0.25, 0.3) is 10.9 Å². The summed E-state index contributed by atoms with van der Waals surface area (Å²) in [6.45, 7) is 0. The van der Waals surface area contributed by atoms with Crippen LogP contribution in [-0.2, 0) is 16.0 Å². The number of ether oxygens (including phenoxy) is 3. The summed E-state index contributed by atoms with van der Waals surface area (Å²) in [5, 5.41) is 4.45. The summed E-state index contributed by atoms with van der Waals surface area (Å²) in [5.41, 5.74) is 3.12. The van der Waals surface area contributed by atoms with Crippen molar-refractivity contribution in [2.24, 2.45) is 0 Å². The number of hydrogen-bond acceptors (Lipinski definition) is 5. The zero-order valence-corrected chi connectivity index (χ0v) is 14.2. The first-order valence-corrected chi connectivity index (χ1v) is 8.60. The highest BCUT2D eigenvalue weighted by atomic mass is 16.7. The molecule has 0 aliphatic carbocycles. The molecule has 3 heterocycles. The summed E-state index contributed by atoms with van der Waals surface area (Å²) >= 11 is 0. The van der Waals surface area contributed by atoms with Crippen molar-refractivity contribution in [2.45, 2.75) is 24.8 Å². The van der Waals surface area contributed by atoms with Crippen molar-refractivity contribution in [1.82, 2.24) is 10.3 Å². The average molecular weight is 350 g/mol. The maximum Gasteiger partial charge on any atom is 0.323 e. The van der Waals surface area contributed by atoms with E-state index in [4.69, 9.17) is 14.2 Å². The number of para-hydroxylation sites is 3. The average Bonchev–Trinajstić information content (AvgIpc) is 3.27. The zero-order valence-electron chi connectivity index (χ0n) is 14.2. The molecule has 0 spiro atoms. The van der Waals surface area contributed by atoms with Crippen LogP contribution in [0.4, 0.5) is 0 Å². The minimum absolute atomic E-state index is 0.290. The molecule has 132 valence electrons. The normalized spacial score (nSPS) is 21.6. The molecule has 0 fully saturated rings. The molecule has 2 aliphatic heterocycles. The number of hydrogen-bond donors (Lipinski definition) is 2. The van der Waals surface area contributed by atoms with Gasteiger partial charge in [-0.1, -0.05) is 30.3 Å². The predicted octanol–water partition coefficient (Wildman–Crippen LogP) is 2.69. The van der Waals surface area contributed by atoms with E-state index in [0.29, 0.717) is 17.9 Å². The number of methoxy groups -OCH3 is 1. The van der Waals surface area contributed by atoms with E-state index in [2.05, 4.69) is 16.4 Å². The van der Waals surface area contributed by atoms with E-state index in [0.717, 1.165) is 22.2 Å². The van der Waals surface area contributed by atoms with Crippen molar-refractivity contribution in [3.05, 3.63) is 59.8 Å². The van der Waals surface area contributed by atoms with Gasteiger partial charge in [-0.15, -0.1) is 0 Å². The monoisotopic (exact) mass is 350 g/mol. The van der Waals surface area contributed by atoms with Gasteiger partial charge in [-0.2, -0.15) is 0 Å². The zero-order chi connectivity index (χ0) is 17.7. The smallest absolute Gasteiger partial charge is 0.323 e. The number of H-pyrrole nitrogens is 1. The number of benzene rings is 2. The summed E-state index contributed by atoms with van der Waals surface area (Å²) in [6.07, 6.45) is -0.00554. The molecular formula is C20H18N2O4. The van der Waals surface area contributed by atoms with Gasteiger partial charge in [0, 0.05) is 23.0 Å². The lowest BCUT2D eigenvalue weighted by atomic mass is 9.93. The summed E-state index contributed by atoms with van der Waals surface area (Å²) in [7, 11) is 1.40. The second kappa shape index (κ2) is 5.78. The second-order valence-corrected chi connectivity index (χ2v) is 6.54. The number of aromatic amines is 1. The van der Waals surface area contributed by atoms with Gasteiger partial charge >= 0.3 is 5.97 Å². The SMILES string of the molecule is COC(=O)[C@H]1Cc2c([nH]c3ccccc23)[C@@H](C2Oc3ccccc3O2)N1. The van der Waals surface area contributed by atoms with Crippen LogP contribution in [0.2, 0.25) is 0 Å². The predicted molar refractivity (Wildman–Crippen MR) is 95.2 cm³/mol. The minimum Gasteiger partial charge on any atom is -0.468 e. The number of rotatable bonds is 2. The Balaban J connectivity index is 1.58. The lowest BCUT2D eigenvalue weighted by Gasteiger charge is -2.32. The number of nitrogens with one attached hydrogen (secondary N) is 2.